The van der Waals surface area contributed by atoms with Crippen LogP contribution in [0.3, 0.4) is 0 Å². The van der Waals surface area contributed by atoms with Crippen LogP contribution >= 0.6 is 12.2 Å². The second kappa shape index (κ2) is 3.90. The molecule has 4 saturated carbocycles. The second-order valence-electron chi connectivity index (χ2n) is 6.49. The SMILES string of the molecule is NC(c1n[nH]c(=S)o1)C1C2CC3CC(C2)CC1C3. The number of hydrogen-bond acceptors (Lipinski definition) is 4. The molecule has 0 aromatic carbocycles. The molecule has 5 rings (SSSR count). The number of rotatable bonds is 2. The Bertz CT molecular complexity index is 480. The van der Waals surface area contributed by atoms with Crippen molar-refractivity contribution in [2.24, 2.45) is 35.3 Å². The van der Waals surface area contributed by atoms with Crippen LogP contribution in [0.15, 0.2) is 4.42 Å². The van der Waals surface area contributed by atoms with Crippen molar-refractivity contribution >= 4 is 12.2 Å². The molecule has 1 atom stereocenters. The Labute approximate surface area is 111 Å². The van der Waals surface area contributed by atoms with Crippen LogP contribution in [-0.2, 0) is 0 Å². The summed E-state index contributed by atoms with van der Waals surface area (Å²) < 4.78 is 5.42. The summed E-state index contributed by atoms with van der Waals surface area (Å²) in [5.41, 5.74) is 6.41. The molecule has 1 unspecified atom stereocenters. The van der Waals surface area contributed by atoms with E-state index in [1.54, 1.807) is 0 Å². The van der Waals surface area contributed by atoms with Gasteiger partial charge in [0.15, 0.2) is 0 Å². The Hall–Kier alpha value is -0.680. The minimum Gasteiger partial charge on any atom is -0.412 e. The van der Waals surface area contributed by atoms with Crippen LogP contribution < -0.4 is 5.73 Å². The van der Waals surface area contributed by atoms with Crippen molar-refractivity contribution in [3.63, 3.8) is 0 Å². The lowest BCUT2D eigenvalue weighted by Gasteiger charge is -2.55. The Morgan fingerprint density at radius 1 is 1.17 bits per heavy atom. The summed E-state index contributed by atoms with van der Waals surface area (Å²) in [5.74, 6) is 4.69. The molecule has 4 nitrogen and oxygen atoms in total. The zero-order valence-electron chi connectivity index (χ0n) is 10.3. The molecule has 98 valence electrons. The van der Waals surface area contributed by atoms with Crippen molar-refractivity contribution in [3.8, 4) is 0 Å². The van der Waals surface area contributed by atoms with E-state index < -0.39 is 0 Å². The Morgan fingerprint density at radius 2 is 1.78 bits per heavy atom. The molecule has 4 fully saturated rings. The van der Waals surface area contributed by atoms with Crippen LogP contribution in [0.4, 0.5) is 0 Å². The van der Waals surface area contributed by atoms with Gasteiger partial charge >= 0.3 is 0 Å². The van der Waals surface area contributed by atoms with Gasteiger partial charge in [0.1, 0.15) is 0 Å². The number of nitrogens with one attached hydrogen (secondary N) is 1. The molecule has 1 aromatic heterocycles. The van der Waals surface area contributed by atoms with Gasteiger partial charge in [0.2, 0.25) is 5.89 Å². The molecule has 0 saturated heterocycles. The lowest BCUT2D eigenvalue weighted by atomic mass is 9.50. The molecule has 0 amide bonds. The number of hydrogen-bond donors (Lipinski definition) is 2. The lowest BCUT2D eigenvalue weighted by Crippen LogP contribution is -2.48. The molecule has 18 heavy (non-hydrogen) atoms. The zero-order chi connectivity index (χ0) is 12.3. The number of aromatic amines is 1. The first-order chi connectivity index (χ1) is 8.70. The smallest absolute Gasteiger partial charge is 0.284 e. The number of nitrogens with zero attached hydrogens (tertiary/aromatic N) is 1. The third-order valence-electron chi connectivity index (χ3n) is 5.45. The van der Waals surface area contributed by atoms with Crippen molar-refractivity contribution < 1.29 is 4.42 Å². The minimum atomic E-state index is -0.0760. The van der Waals surface area contributed by atoms with Gasteiger partial charge in [-0.2, -0.15) is 0 Å². The van der Waals surface area contributed by atoms with Crippen molar-refractivity contribution in [2.45, 2.75) is 38.1 Å². The highest BCUT2D eigenvalue weighted by atomic mass is 32.1. The van der Waals surface area contributed by atoms with Gasteiger partial charge in [-0.25, -0.2) is 5.10 Å². The van der Waals surface area contributed by atoms with Gasteiger partial charge in [-0.1, -0.05) is 0 Å². The molecule has 0 spiro atoms. The van der Waals surface area contributed by atoms with Crippen molar-refractivity contribution in [1.82, 2.24) is 10.2 Å². The maximum absolute atomic E-state index is 6.41. The largest absolute Gasteiger partial charge is 0.412 e. The molecular formula is C13H19N3OS. The van der Waals surface area contributed by atoms with Crippen LogP contribution in [0, 0.1) is 34.4 Å². The fourth-order valence-electron chi connectivity index (χ4n) is 5.10. The minimum absolute atomic E-state index is 0.0760. The molecule has 3 N–H and O–H groups in total. The van der Waals surface area contributed by atoms with Gasteiger partial charge < -0.3 is 10.2 Å². The standard InChI is InChI=1S/C13H19N3OS/c14-11(12-15-16-13(18)17-12)10-8-2-6-1-7(4-8)5-9(10)3-6/h6-11H,1-5,14H2,(H,16,18). The van der Waals surface area contributed by atoms with Gasteiger partial charge in [-0.3, -0.25) is 0 Å². The van der Waals surface area contributed by atoms with Gasteiger partial charge in [-0.15, -0.1) is 5.10 Å². The molecule has 4 bridgehead atoms. The molecule has 4 aliphatic rings. The topological polar surface area (TPSA) is 67.8 Å². The highest BCUT2D eigenvalue weighted by Crippen LogP contribution is 2.58. The van der Waals surface area contributed by atoms with E-state index in [0.717, 1.165) is 23.7 Å². The number of aromatic nitrogens is 2. The molecule has 4 aliphatic carbocycles. The summed E-state index contributed by atoms with van der Waals surface area (Å²) in [5, 5.41) is 6.82. The molecule has 5 heteroatoms. The van der Waals surface area contributed by atoms with E-state index in [1.165, 1.54) is 32.1 Å². The maximum atomic E-state index is 6.41. The third-order valence-corrected chi connectivity index (χ3v) is 5.63. The van der Waals surface area contributed by atoms with Crippen molar-refractivity contribution in [2.75, 3.05) is 0 Å². The van der Waals surface area contributed by atoms with Crippen molar-refractivity contribution in [3.05, 3.63) is 10.7 Å². The Morgan fingerprint density at radius 3 is 2.28 bits per heavy atom. The summed E-state index contributed by atoms with van der Waals surface area (Å²) in [4.78, 5) is 0.337. The molecule has 1 heterocycles. The fraction of sp³-hybridized carbons (Fsp3) is 0.846. The normalized spacial score (nSPS) is 43.3. The summed E-state index contributed by atoms with van der Waals surface area (Å²) in [6, 6.07) is -0.0760. The van der Waals surface area contributed by atoms with Crippen LogP contribution in [0.1, 0.15) is 44.0 Å². The van der Waals surface area contributed by atoms with Gasteiger partial charge in [-0.05, 0) is 73.9 Å². The predicted molar refractivity (Wildman–Crippen MR) is 69.2 cm³/mol. The van der Waals surface area contributed by atoms with Crippen molar-refractivity contribution in [1.29, 1.82) is 0 Å². The Balaban J connectivity index is 1.63. The number of nitrogens with two attached hydrogens (primary N) is 1. The van der Waals surface area contributed by atoms with Gasteiger partial charge in [0, 0.05) is 0 Å². The van der Waals surface area contributed by atoms with E-state index in [0.29, 0.717) is 16.6 Å². The molecule has 0 aliphatic heterocycles. The summed E-state index contributed by atoms with van der Waals surface area (Å²) in [6.45, 7) is 0. The molecule has 0 radical (unpaired) electrons. The van der Waals surface area contributed by atoms with Gasteiger partial charge in [0.05, 0.1) is 6.04 Å². The monoisotopic (exact) mass is 265 g/mol. The molecule has 1 aromatic rings. The van der Waals surface area contributed by atoms with E-state index in [1.807, 2.05) is 0 Å². The molecular weight excluding hydrogens is 246 g/mol. The first kappa shape index (κ1) is 11.2. The van der Waals surface area contributed by atoms with Crippen LogP contribution in [-0.4, -0.2) is 10.2 Å². The zero-order valence-corrected chi connectivity index (χ0v) is 11.2. The van der Waals surface area contributed by atoms with E-state index in [9.17, 15) is 0 Å². The Kier molecular flexibility index (Phi) is 2.42. The third kappa shape index (κ3) is 1.60. The van der Waals surface area contributed by atoms with Crippen LogP contribution in [0.25, 0.3) is 0 Å². The quantitative estimate of drug-likeness (QED) is 0.807. The second-order valence-corrected chi connectivity index (χ2v) is 6.86. The van der Waals surface area contributed by atoms with E-state index in [2.05, 4.69) is 10.2 Å². The fourth-order valence-corrected chi connectivity index (χ4v) is 5.23. The highest BCUT2D eigenvalue weighted by Gasteiger charge is 2.50. The first-order valence-corrected chi connectivity index (χ1v) is 7.42. The van der Waals surface area contributed by atoms with E-state index in [4.69, 9.17) is 22.4 Å². The predicted octanol–water partition coefficient (Wildman–Crippen LogP) is 2.80. The summed E-state index contributed by atoms with van der Waals surface area (Å²) >= 11 is 4.94. The summed E-state index contributed by atoms with van der Waals surface area (Å²) in [7, 11) is 0. The lowest BCUT2D eigenvalue weighted by molar-refractivity contribution is -0.0503. The van der Waals surface area contributed by atoms with Crippen LogP contribution in [0.5, 0.6) is 0 Å². The van der Waals surface area contributed by atoms with E-state index >= 15 is 0 Å². The summed E-state index contributed by atoms with van der Waals surface area (Å²) in [6.07, 6.45) is 6.96. The number of H-pyrrole nitrogens is 1. The average Bonchev–Trinajstić information content (AvgIpc) is 2.74. The van der Waals surface area contributed by atoms with Crippen LogP contribution in [0.2, 0.25) is 0 Å². The van der Waals surface area contributed by atoms with E-state index in [-0.39, 0.29) is 6.04 Å². The average molecular weight is 265 g/mol. The first-order valence-electron chi connectivity index (χ1n) is 7.01. The maximum Gasteiger partial charge on any atom is 0.284 e. The van der Waals surface area contributed by atoms with Gasteiger partial charge in [0.25, 0.3) is 4.84 Å². The highest BCUT2D eigenvalue weighted by molar-refractivity contribution is 7.71.